The molecule has 1 aromatic heterocycles. The molecular formula is C12H11ClF3N3. The van der Waals surface area contributed by atoms with Crippen molar-refractivity contribution in [3.05, 3.63) is 46.7 Å². The van der Waals surface area contributed by atoms with E-state index in [0.29, 0.717) is 0 Å². The maximum absolute atomic E-state index is 12.8. The molecule has 3 nitrogen and oxygen atoms in total. The fourth-order valence-corrected chi connectivity index (χ4v) is 1.84. The number of nitrogens with one attached hydrogen (secondary N) is 1. The van der Waals surface area contributed by atoms with Gasteiger partial charge in [0.1, 0.15) is 0 Å². The van der Waals surface area contributed by atoms with E-state index in [1.165, 1.54) is 12.1 Å². The van der Waals surface area contributed by atoms with E-state index in [-0.39, 0.29) is 17.3 Å². The number of halogens is 4. The summed E-state index contributed by atoms with van der Waals surface area (Å²) >= 11 is 5.60. The third kappa shape index (κ3) is 3.41. The van der Waals surface area contributed by atoms with Crippen molar-refractivity contribution in [2.45, 2.75) is 12.7 Å². The molecule has 7 heteroatoms. The van der Waals surface area contributed by atoms with Crippen LogP contribution in [0.3, 0.4) is 0 Å². The molecule has 0 saturated heterocycles. The van der Waals surface area contributed by atoms with Crippen LogP contribution in [0.1, 0.15) is 11.1 Å². The standard InChI is InChI=1S/C12H11ClF3N3/c1-19-7-8(6-18-19)5-17-11-3-2-9(13)4-10(11)12(14,15)16/h2-4,6-7,17H,5H2,1H3. The van der Waals surface area contributed by atoms with E-state index in [1.807, 2.05) is 0 Å². The number of alkyl halides is 3. The predicted octanol–water partition coefficient (Wildman–Crippen LogP) is 3.70. The van der Waals surface area contributed by atoms with Crippen LogP contribution in [-0.4, -0.2) is 9.78 Å². The molecule has 0 unspecified atom stereocenters. The van der Waals surface area contributed by atoms with Crippen molar-refractivity contribution in [2.75, 3.05) is 5.32 Å². The van der Waals surface area contributed by atoms with E-state index in [0.717, 1.165) is 11.6 Å². The molecule has 0 bridgehead atoms. The molecule has 0 spiro atoms. The number of aryl methyl sites for hydroxylation is 1. The molecule has 0 fully saturated rings. The molecule has 2 rings (SSSR count). The largest absolute Gasteiger partial charge is 0.418 e. The van der Waals surface area contributed by atoms with Gasteiger partial charge in [0, 0.05) is 36.1 Å². The summed E-state index contributed by atoms with van der Waals surface area (Å²) < 4.78 is 40.1. The highest BCUT2D eigenvalue weighted by atomic mass is 35.5. The van der Waals surface area contributed by atoms with E-state index >= 15 is 0 Å². The van der Waals surface area contributed by atoms with Crippen LogP contribution in [0.25, 0.3) is 0 Å². The van der Waals surface area contributed by atoms with E-state index in [1.54, 1.807) is 24.1 Å². The van der Waals surface area contributed by atoms with Crippen molar-refractivity contribution in [3.63, 3.8) is 0 Å². The lowest BCUT2D eigenvalue weighted by molar-refractivity contribution is -0.136. The van der Waals surface area contributed by atoms with E-state index < -0.39 is 11.7 Å². The Morgan fingerprint density at radius 1 is 1.37 bits per heavy atom. The Morgan fingerprint density at radius 2 is 2.11 bits per heavy atom. The normalized spacial score (nSPS) is 11.6. The van der Waals surface area contributed by atoms with E-state index in [2.05, 4.69) is 10.4 Å². The van der Waals surface area contributed by atoms with Crippen LogP contribution in [0.5, 0.6) is 0 Å². The summed E-state index contributed by atoms with van der Waals surface area (Å²) in [6.45, 7) is 0.262. The average Bonchev–Trinajstić information content (AvgIpc) is 2.72. The number of anilines is 1. The Morgan fingerprint density at radius 3 is 2.68 bits per heavy atom. The lowest BCUT2D eigenvalue weighted by Crippen LogP contribution is -2.10. The van der Waals surface area contributed by atoms with Crippen molar-refractivity contribution < 1.29 is 13.2 Å². The highest BCUT2D eigenvalue weighted by Crippen LogP contribution is 2.36. The summed E-state index contributed by atoms with van der Waals surface area (Å²) in [6.07, 6.45) is -1.12. The van der Waals surface area contributed by atoms with Crippen LogP contribution in [0, 0.1) is 0 Å². The van der Waals surface area contributed by atoms with Gasteiger partial charge in [0.05, 0.1) is 11.8 Å². The molecule has 0 amide bonds. The molecule has 2 aromatic rings. The third-order valence-electron chi connectivity index (χ3n) is 2.53. The Labute approximate surface area is 113 Å². The second-order valence-corrected chi connectivity index (χ2v) is 4.50. The Balaban J connectivity index is 2.20. The number of nitrogens with zero attached hydrogens (tertiary/aromatic N) is 2. The number of hydrogen-bond acceptors (Lipinski definition) is 2. The van der Waals surface area contributed by atoms with Crippen LogP contribution in [0.2, 0.25) is 5.02 Å². The van der Waals surface area contributed by atoms with Gasteiger partial charge >= 0.3 is 6.18 Å². The summed E-state index contributed by atoms with van der Waals surface area (Å²) in [6, 6.07) is 3.65. The fraction of sp³-hybridized carbons (Fsp3) is 0.250. The molecule has 1 aromatic carbocycles. The number of rotatable bonds is 3. The molecule has 0 atom stereocenters. The topological polar surface area (TPSA) is 29.9 Å². The molecule has 0 aliphatic heterocycles. The number of benzene rings is 1. The average molecular weight is 290 g/mol. The van der Waals surface area contributed by atoms with Crippen LogP contribution in [0.4, 0.5) is 18.9 Å². The minimum absolute atomic E-state index is 0.000697. The zero-order valence-corrected chi connectivity index (χ0v) is 10.8. The van der Waals surface area contributed by atoms with Gasteiger partial charge in [-0.25, -0.2) is 0 Å². The second-order valence-electron chi connectivity index (χ2n) is 4.06. The van der Waals surface area contributed by atoms with Gasteiger partial charge in [-0.1, -0.05) is 11.6 Å². The van der Waals surface area contributed by atoms with Gasteiger partial charge in [0.2, 0.25) is 0 Å². The van der Waals surface area contributed by atoms with Gasteiger partial charge in [0.25, 0.3) is 0 Å². The first-order valence-electron chi connectivity index (χ1n) is 5.44. The molecule has 1 heterocycles. The fourth-order valence-electron chi connectivity index (χ4n) is 1.67. The summed E-state index contributed by atoms with van der Waals surface area (Å²) in [7, 11) is 1.74. The van der Waals surface area contributed by atoms with Crippen molar-refractivity contribution >= 4 is 17.3 Å². The minimum Gasteiger partial charge on any atom is -0.380 e. The molecular weight excluding hydrogens is 279 g/mol. The Kier molecular flexibility index (Phi) is 3.71. The van der Waals surface area contributed by atoms with Crippen LogP contribution >= 0.6 is 11.6 Å². The Hall–Kier alpha value is -1.69. The summed E-state index contributed by atoms with van der Waals surface area (Å²) in [5.41, 5.74) is 0.0233. The zero-order valence-electron chi connectivity index (χ0n) is 10.0. The quantitative estimate of drug-likeness (QED) is 0.933. The van der Waals surface area contributed by atoms with Gasteiger partial charge < -0.3 is 5.32 Å². The summed E-state index contributed by atoms with van der Waals surface area (Å²) in [5.74, 6) is 0. The monoisotopic (exact) mass is 289 g/mol. The van der Waals surface area contributed by atoms with Crippen LogP contribution in [-0.2, 0) is 19.8 Å². The summed E-state index contributed by atoms with van der Waals surface area (Å²) in [5, 5.41) is 6.75. The van der Waals surface area contributed by atoms with Crippen molar-refractivity contribution in [1.82, 2.24) is 9.78 Å². The van der Waals surface area contributed by atoms with Gasteiger partial charge in [-0.2, -0.15) is 18.3 Å². The smallest absolute Gasteiger partial charge is 0.380 e. The molecule has 0 radical (unpaired) electrons. The number of aromatic nitrogens is 2. The lowest BCUT2D eigenvalue weighted by Gasteiger charge is -2.14. The highest BCUT2D eigenvalue weighted by Gasteiger charge is 2.33. The first-order valence-corrected chi connectivity index (χ1v) is 5.82. The van der Waals surface area contributed by atoms with Crippen molar-refractivity contribution in [2.24, 2.45) is 7.05 Å². The summed E-state index contributed by atoms with van der Waals surface area (Å²) in [4.78, 5) is 0. The first-order chi connectivity index (χ1) is 8.86. The van der Waals surface area contributed by atoms with Crippen molar-refractivity contribution in [3.8, 4) is 0 Å². The third-order valence-corrected chi connectivity index (χ3v) is 2.76. The molecule has 0 aliphatic rings. The molecule has 1 N–H and O–H groups in total. The van der Waals surface area contributed by atoms with E-state index in [4.69, 9.17) is 11.6 Å². The minimum atomic E-state index is -4.44. The van der Waals surface area contributed by atoms with Crippen LogP contribution in [0.15, 0.2) is 30.6 Å². The van der Waals surface area contributed by atoms with Crippen molar-refractivity contribution in [1.29, 1.82) is 0 Å². The molecule has 102 valence electrons. The predicted molar refractivity (Wildman–Crippen MR) is 67.0 cm³/mol. The molecule has 19 heavy (non-hydrogen) atoms. The highest BCUT2D eigenvalue weighted by molar-refractivity contribution is 6.30. The maximum Gasteiger partial charge on any atom is 0.418 e. The van der Waals surface area contributed by atoms with Gasteiger partial charge in [-0.15, -0.1) is 0 Å². The zero-order chi connectivity index (χ0) is 14.0. The second kappa shape index (κ2) is 5.13. The van der Waals surface area contributed by atoms with Gasteiger partial charge in [-0.05, 0) is 18.2 Å². The van der Waals surface area contributed by atoms with Crippen LogP contribution < -0.4 is 5.32 Å². The SMILES string of the molecule is Cn1cc(CNc2ccc(Cl)cc2C(F)(F)F)cn1. The Bertz CT molecular complexity index is 578. The molecule has 0 saturated carbocycles. The van der Waals surface area contributed by atoms with Gasteiger partial charge in [-0.3, -0.25) is 4.68 Å². The van der Waals surface area contributed by atoms with E-state index in [9.17, 15) is 13.2 Å². The lowest BCUT2D eigenvalue weighted by atomic mass is 10.1. The first kappa shape index (κ1) is 13.7. The van der Waals surface area contributed by atoms with Gasteiger partial charge in [0.15, 0.2) is 0 Å². The molecule has 0 aliphatic carbocycles. The maximum atomic E-state index is 12.8. The number of hydrogen-bond donors (Lipinski definition) is 1.